The van der Waals surface area contributed by atoms with E-state index in [0.717, 1.165) is 32.2 Å². The van der Waals surface area contributed by atoms with Gasteiger partial charge in [-0.15, -0.1) is 11.6 Å². The molecule has 0 radical (unpaired) electrons. The van der Waals surface area contributed by atoms with Crippen molar-refractivity contribution in [2.45, 2.75) is 71.1 Å². The molecule has 112 valence electrons. The zero-order valence-electron chi connectivity index (χ0n) is 12.4. The van der Waals surface area contributed by atoms with Crippen molar-refractivity contribution in [3.63, 3.8) is 0 Å². The maximum absolute atomic E-state index is 12.2. The fourth-order valence-electron chi connectivity index (χ4n) is 3.02. The molecule has 0 heterocycles. The Bertz CT molecular complexity index is 231. The molecule has 1 fully saturated rings. The smallest absolute Gasteiger partial charge is 0.223 e. The molecule has 1 aliphatic carbocycles. The molecule has 1 amide bonds. The summed E-state index contributed by atoms with van der Waals surface area (Å²) in [7, 11) is 0. The lowest BCUT2D eigenvalue weighted by Gasteiger charge is -2.21. The van der Waals surface area contributed by atoms with E-state index in [0.29, 0.717) is 11.8 Å². The molecule has 1 atom stereocenters. The zero-order chi connectivity index (χ0) is 13.9. The Labute approximate surface area is 123 Å². The summed E-state index contributed by atoms with van der Waals surface area (Å²) in [5, 5.41) is 3.17. The summed E-state index contributed by atoms with van der Waals surface area (Å²) in [6, 6.07) is 0. The van der Waals surface area contributed by atoms with Gasteiger partial charge < -0.3 is 5.32 Å². The Morgan fingerprint density at radius 1 is 1.16 bits per heavy atom. The SMILES string of the molecule is CCCC(CCCl)CNC(=O)C1CCCCCCC1. The summed E-state index contributed by atoms with van der Waals surface area (Å²) in [6.07, 6.45) is 11.9. The van der Waals surface area contributed by atoms with E-state index in [1.54, 1.807) is 0 Å². The highest BCUT2D eigenvalue weighted by Crippen LogP contribution is 2.22. The highest BCUT2D eigenvalue weighted by Gasteiger charge is 2.19. The lowest BCUT2D eigenvalue weighted by Crippen LogP contribution is -2.35. The molecule has 19 heavy (non-hydrogen) atoms. The van der Waals surface area contributed by atoms with Crippen molar-refractivity contribution in [1.29, 1.82) is 0 Å². The summed E-state index contributed by atoms with van der Waals surface area (Å²) in [5.74, 6) is 1.81. The van der Waals surface area contributed by atoms with E-state index in [9.17, 15) is 4.79 Å². The van der Waals surface area contributed by atoms with Gasteiger partial charge in [-0.2, -0.15) is 0 Å². The molecule has 0 saturated heterocycles. The molecule has 1 aliphatic rings. The van der Waals surface area contributed by atoms with Gasteiger partial charge in [-0.25, -0.2) is 0 Å². The van der Waals surface area contributed by atoms with Crippen LogP contribution >= 0.6 is 11.6 Å². The summed E-state index contributed by atoms with van der Waals surface area (Å²) in [4.78, 5) is 12.2. The van der Waals surface area contributed by atoms with Crippen LogP contribution in [-0.4, -0.2) is 18.3 Å². The van der Waals surface area contributed by atoms with Crippen molar-refractivity contribution in [3.8, 4) is 0 Å². The summed E-state index contributed by atoms with van der Waals surface area (Å²) < 4.78 is 0. The largest absolute Gasteiger partial charge is 0.356 e. The van der Waals surface area contributed by atoms with E-state index in [4.69, 9.17) is 11.6 Å². The molecule has 0 spiro atoms. The number of hydrogen-bond donors (Lipinski definition) is 1. The second-order valence-electron chi connectivity index (χ2n) is 5.92. The van der Waals surface area contributed by atoms with Crippen LogP contribution in [0.5, 0.6) is 0 Å². The van der Waals surface area contributed by atoms with Gasteiger partial charge in [0.25, 0.3) is 0 Å². The Balaban J connectivity index is 2.30. The minimum atomic E-state index is 0.263. The first-order valence-corrected chi connectivity index (χ1v) is 8.65. The summed E-state index contributed by atoms with van der Waals surface area (Å²) >= 11 is 5.82. The van der Waals surface area contributed by atoms with E-state index in [1.807, 2.05) is 0 Å². The average Bonchev–Trinajstić information content (AvgIpc) is 2.36. The molecule has 0 aromatic heterocycles. The van der Waals surface area contributed by atoms with Crippen molar-refractivity contribution in [2.24, 2.45) is 11.8 Å². The number of hydrogen-bond acceptors (Lipinski definition) is 1. The van der Waals surface area contributed by atoms with Gasteiger partial charge in [0.2, 0.25) is 5.91 Å². The van der Waals surface area contributed by atoms with Crippen molar-refractivity contribution in [2.75, 3.05) is 12.4 Å². The lowest BCUT2D eigenvalue weighted by atomic mass is 9.90. The molecule has 3 heteroatoms. The lowest BCUT2D eigenvalue weighted by molar-refractivity contribution is -0.125. The highest BCUT2D eigenvalue weighted by atomic mass is 35.5. The third-order valence-corrected chi connectivity index (χ3v) is 4.47. The van der Waals surface area contributed by atoms with Crippen LogP contribution < -0.4 is 5.32 Å². The van der Waals surface area contributed by atoms with Gasteiger partial charge in [-0.3, -0.25) is 4.79 Å². The Kier molecular flexibility index (Phi) is 9.32. The summed E-state index contributed by atoms with van der Waals surface area (Å²) in [5.41, 5.74) is 0. The Morgan fingerprint density at radius 2 is 1.79 bits per heavy atom. The monoisotopic (exact) mass is 287 g/mol. The molecule has 1 N–H and O–H groups in total. The quantitative estimate of drug-likeness (QED) is 0.686. The van der Waals surface area contributed by atoms with Crippen LogP contribution in [0, 0.1) is 11.8 Å². The standard InChI is InChI=1S/C16H30ClNO/c1-2-8-14(11-12-17)13-18-16(19)15-9-6-4-3-5-7-10-15/h14-15H,2-13H2,1H3,(H,18,19). The first-order valence-electron chi connectivity index (χ1n) is 8.11. The number of amides is 1. The van der Waals surface area contributed by atoms with Crippen molar-refractivity contribution >= 4 is 17.5 Å². The van der Waals surface area contributed by atoms with Crippen molar-refractivity contribution < 1.29 is 4.79 Å². The van der Waals surface area contributed by atoms with Gasteiger partial charge in [-0.05, 0) is 31.6 Å². The first-order chi connectivity index (χ1) is 9.27. The van der Waals surface area contributed by atoms with E-state index in [-0.39, 0.29) is 11.8 Å². The van der Waals surface area contributed by atoms with Gasteiger partial charge >= 0.3 is 0 Å². The minimum absolute atomic E-state index is 0.263. The average molecular weight is 288 g/mol. The second kappa shape index (κ2) is 10.5. The number of rotatable bonds is 7. The van der Waals surface area contributed by atoms with Gasteiger partial charge in [0, 0.05) is 18.3 Å². The van der Waals surface area contributed by atoms with E-state index >= 15 is 0 Å². The third kappa shape index (κ3) is 7.20. The Morgan fingerprint density at radius 3 is 2.37 bits per heavy atom. The van der Waals surface area contributed by atoms with E-state index < -0.39 is 0 Å². The van der Waals surface area contributed by atoms with E-state index in [2.05, 4.69) is 12.2 Å². The Hall–Kier alpha value is -0.240. The molecular weight excluding hydrogens is 258 g/mol. The number of nitrogens with one attached hydrogen (secondary N) is 1. The molecular formula is C16H30ClNO. The van der Waals surface area contributed by atoms with Crippen LogP contribution in [0.4, 0.5) is 0 Å². The fraction of sp³-hybridized carbons (Fsp3) is 0.938. The van der Waals surface area contributed by atoms with Gasteiger partial charge in [0.1, 0.15) is 0 Å². The molecule has 0 aromatic rings. The highest BCUT2D eigenvalue weighted by molar-refractivity contribution is 6.17. The maximum atomic E-state index is 12.2. The third-order valence-electron chi connectivity index (χ3n) is 4.26. The number of alkyl halides is 1. The van der Waals surface area contributed by atoms with Crippen LogP contribution in [0.15, 0.2) is 0 Å². The predicted molar refractivity (Wildman–Crippen MR) is 82.6 cm³/mol. The molecule has 0 aliphatic heterocycles. The normalized spacial score (nSPS) is 19.5. The number of carbonyl (C=O) groups excluding carboxylic acids is 1. The van der Waals surface area contributed by atoms with Crippen LogP contribution in [-0.2, 0) is 4.79 Å². The molecule has 1 unspecified atom stereocenters. The molecule has 2 nitrogen and oxygen atoms in total. The molecule has 1 saturated carbocycles. The topological polar surface area (TPSA) is 29.1 Å². The van der Waals surface area contributed by atoms with Gasteiger partial charge in [-0.1, -0.05) is 45.4 Å². The van der Waals surface area contributed by atoms with Gasteiger partial charge in [0.15, 0.2) is 0 Å². The number of carbonyl (C=O) groups is 1. The molecule has 1 rings (SSSR count). The van der Waals surface area contributed by atoms with Crippen molar-refractivity contribution in [3.05, 3.63) is 0 Å². The van der Waals surface area contributed by atoms with Crippen molar-refractivity contribution in [1.82, 2.24) is 5.32 Å². The predicted octanol–water partition coefficient (Wildman–Crippen LogP) is 4.51. The first kappa shape index (κ1) is 16.8. The minimum Gasteiger partial charge on any atom is -0.356 e. The van der Waals surface area contributed by atoms with Crippen LogP contribution in [0.1, 0.15) is 71.1 Å². The summed E-state index contributed by atoms with van der Waals surface area (Å²) in [6.45, 7) is 3.01. The van der Waals surface area contributed by atoms with Crippen LogP contribution in [0.25, 0.3) is 0 Å². The van der Waals surface area contributed by atoms with Crippen LogP contribution in [0.2, 0.25) is 0 Å². The zero-order valence-corrected chi connectivity index (χ0v) is 13.2. The van der Waals surface area contributed by atoms with E-state index in [1.165, 1.54) is 38.5 Å². The number of halogens is 1. The molecule has 0 bridgehead atoms. The maximum Gasteiger partial charge on any atom is 0.223 e. The fourth-order valence-corrected chi connectivity index (χ4v) is 3.33. The van der Waals surface area contributed by atoms with Gasteiger partial charge in [0.05, 0.1) is 0 Å². The molecule has 0 aromatic carbocycles. The second-order valence-corrected chi connectivity index (χ2v) is 6.30. The van der Waals surface area contributed by atoms with Crippen LogP contribution in [0.3, 0.4) is 0 Å².